The van der Waals surface area contributed by atoms with Gasteiger partial charge in [-0.1, -0.05) is 13.3 Å². The minimum Gasteiger partial charge on any atom is -0.369 e. The minimum absolute atomic E-state index is 0.880. The van der Waals surface area contributed by atoms with Crippen molar-refractivity contribution >= 4 is 27.4 Å². The molecule has 2 aromatic heterocycles. The summed E-state index contributed by atoms with van der Waals surface area (Å²) in [6, 6.07) is 0. The van der Waals surface area contributed by atoms with Crippen molar-refractivity contribution in [2.24, 2.45) is 0 Å². The molecule has 102 valence electrons. The second-order valence-electron chi connectivity index (χ2n) is 5.29. The highest BCUT2D eigenvalue weighted by Gasteiger charge is 2.20. The first kappa shape index (κ1) is 12.9. The van der Waals surface area contributed by atoms with Crippen molar-refractivity contribution in [3.05, 3.63) is 16.3 Å². The van der Waals surface area contributed by atoms with E-state index in [-0.39, 0.29) is 0 Å². The highest BCUT2D eigenvalue weighted by Crippen LogP contribution is 2.38. The lowest BCUT2D eigenvalue weighted by Crippen LogP contribution is -2.06. The minimum atomic E-state index is 0.880. The molecule has 0 aromatic carbocycles. The predicted octanol–water partition coefficient (Wildman–Crippen LogP) is 4.09. The quantitative estimate of drug-likeness (QED) is 0.854. The molecule has 3 rings (SSSR count). The molecule has 0 aliphatic heterocycles. The van der Waals surface area contributed by atoms with Gasteiger partial charge in [0.2, 0.25) is 0 Å². The van der Waals surface area contributed by atoms with E-state index in [2.05, 4.69) is 22.2 Å². The van der Waals surface area contributed by atoms with Gasteiger partial charge in [0.1, 0.15) is 16.5 Å². The maximum Gasteiger partial charge on any atom is 0.138 e. The Labute approximate surface area is 118 Å². The monoisotopic (exact) mass is 275 g/mol. The summed E-state index contributed by atoms with van der Waals surface area (Å²) in [4.78, 5) is 12.0. The SMILES string of the molecule is CCCCNc1nc(C)nc2sc3c(c12)CCCC3. The number of hydrogen-bond acceptors (Lipinski definition) is 4. The third-order valence-corrected chi connectivity index (χ3v) is 4.93. The van der Waals surface area contributed by atoms with Gasteiger partial charge in [-0.3, -0.25) is 0 Å². The molecule has 2 aromatic rings. The van der Waals surface area contributed by atoms with Gasteiger partial charge in [0.05, 0.1) is 5.39 Å². The molecule has 2 heterocycles. The van der Waals surface area contributed by atoms with Gasteiger partial charge in [0.25, 0.3) is 0 Å². The molecule has 0 saturated heterocycles. The highest BCUT2D eigenvalue weighted by atomic mass is 32.1. The molecule has 1 aliphatic carbocycles. The number of nitrogens with zero attached hydrogens (tertiary/aromatic N) is 2. The van der Waals surface area contributed by atoms with Gasteiger partial charge in [-0.15, -0.1) is 11.3 Å². The van der Waals surface area contributed by atoms with Crippen molar-refractivity contribution < 1.29 is 0 Å². The van der Waals surface area contributed by atoms with Crippen LogP contribution in [0, 0.1) is 6.92 Å². The average Bonchev–Trinajstić information content (AvgIpc) is 2.76. The lowest BCUT2D eigenvalue weighted by Gasteiger charge is -2.12. The fourth-order valence-electron chi connectivity index (χ4n) is 2.78. The van der Waals surface area contributed by atoms with Crippen LogP contribution < -0.4 is 5.32 Å². The summed E-state index contributed by atoms with van der Waals surface area (Å²) in [5, 5.41) is 4.83. The van der Waals surface area contributed by atoms with Gasteiger partial charge in [0, 0.05) is 11.4 Å². The molecule has 0 saturated carbocycles. The Morgan fingerprint density at radius 3 is 2.89 bits per heavy atom. The molecular formula is C15H21N3S. The summed E-state index contributed by atoms with van der Waals surface area (Å²) < 4.78 is 0. The van der Waals surface area contributed by atoms with Crippen molar-refractivity contribution in [3.8, 4) is 0 Å². The topological polar surface area (TPSA) is 37.8 Å². The van der Waals surface area contributed by atoms with Gasteiger partial charge in [0.15, 0.2) is 0 Å². The zero-order chi connectivity index (χ0) is 13.2. The Hall–Kier alpha value is -1.16. The number of aromatic nitrogens is 2. The predicted molar refractivity (Wildman–Crippen MR) is 82.2 cm³/mol. The molecule has 1 N–H and O–H groups in total. The third kappa shape index (κ3) is 2.46. The lowest BCUT2D eigenvalue weighted by atomic mass is 9.97. The van der Waals surface area contributed by atoms with E-state index in [4.69, 9.17) is 0 Å². The molecule has 0 bridgehead atoms. The van der Waals surface area contributed by atoms with E-state index in [0.29, 0.717) is 0 Å². The molecule has 19 heavy (non-hydrogen) atoms. The number of thiophene rings is 1. The zero-order valence-electron chi connectivity index (χ0n) is 11.8. The van der Waals surface area contributed by atoms with Crippen LogP contribution in [0.4, 0.5) is 5.82 Å². The summed E-state index contributed by atoms with van der Waals surface area (Å²) in [6.07, 6.45) is 7.46. The number of unbranched alkanes of at least 4 members (excludes halogenated alkanes) is 1. The number of fused-ring (bicyclic) bond motifs is 3. The van der Waals surface area contributed by atoms with E-state index in [9.17, 15) is 0 Å². The maximum atomic E-state index is 4.64. The molecule has 3 nitrogen and oxygen atoms in total. The van der Waals surface area contributed by atoms with Crippen LogP contribution in [-0.4, -0.2) is 16.5 Å². The summed E-state index contributed by atoms with van der Waals surface area (Å²) >= 11 is 1.88. The van der Waals surface area contributed by atoms with Gasteiger partial charge in [-0.05, 0) is 44.6 Å². The molecular weight excluding hydrogens is 254 g/mol. The molecule has 0 atom stereocenters. The van der Waals surface area contributed by atoms with E-state index in [0.717, 1.165) is 18.2 Å². The number of aryl methyl sites for hydroxylation is 3. The summed E-state index contributed by atoms with van der Waals surface area (Å²) in [7, 11) is 0. The molecule has 0 radical (unpaired) electrons. The first-order valence-electron chi connectivity index (χ1n) is 7.32. The van der Waals surface area contributed by atoms with Crippen LogP contribution >= 0.6 is 11.3 Å². The third-order valence-electron chi connectivity index (χ3n) is 3.75. The number of hydrogen-bond donors (Lipinski definition) is 1. The van der Waals surface area contributed by atoms with Crippen molar-refractivity contribution in [2.75, 3.05) is 11.9 Å². The first-order valence-corrected chi connectivity index (χ1v) is 8.14. The van der Waals surface area contributed by atoms with Gasteiger partial charge in [-0.25, -0.2) is 9.97 Å². The van der Waals surface area contributed by atoms with Crippen molar-refractivity contribution in [1.82, 2.24) is 9.97 Å². The molecule has 0 unspecified atom stereocenters. The fourth-order valence-corrected chi connectivity index (χ4v) is 4.08. The Morgan fingerprint density at radius 1 is 1.21 bits per heavy atom. The standard InChI is InChI=1S/C15H21N3S/c1-3-4-9-16-14-13-11-7-5-6-8-12(11)19-15(13)18-10(2)17-14/h3-9H2,1-2H3,(H,16,17,18). The van der Waals surface area contributed by atoms with E-state index < -0.39 is 0 Å². The Kier molecular flexibility index (Phi) is 3.69. The van der Waals surface area contributed by atoms with E-state index >= 15 is 0 Å². The van der Waals surface area contributed by atoms with Crippen LogP contribution in [0.15, 0.2) is 0 Å². The number of rotatable bonds is 4. The summed E-state index contributed by atoms with van der Waals surface area (Å²) in [5.41, 5.74) is 1.52. The van der Waals surface area contributed by atoms with Crippen LogP contribution in [0.2, 0.25) is 0 Å². The molecule has 0 spiro atoms. The Balaban J connectivity index is 2.05. The van der Waals surface area contributed by atoms with Crippen molar-refractivity contribution in [3.63, 3.8) is 0 Å². The molecule has 0 amide bonds. The largest absolute Gasteiger partial charge is 0.369 e. The van der Waals surface area contributed by atoms with E-state index in [1.807, 2.05) is 18.3 Å². The molecule has 0 fully saturated rings. The summed E-state index contributed by atoms with van der Waals surface area (Å²) in [6.45, 7) is 5.21. The number of anilines is 1. The Bertz CT molecular complexity index is 589. The van der Waals surface area contributed by atoms with Crippen LogP contribution in [0.25, 0.3) is 10.2 Å². The highest BCUT2D eigenvalue weighted by molar-refractivity contribution is 7.19. The van der Waals surface area contributed by atoms with Gasteiger partial charge in [-0.2, -0.15) is 0 Å². The second-order valence-corrected chi connectivity index (χ2v) is 6.37. The van der Waals surface area contributed by atoms with Crippen molar-refractivity contribution in [1.29, 1.82) is 0 Å². The van der Waals surface area contributed by atoms with Crippen molar-refractivity contribution in [2.45, 2.75) is 52.4 Å². The van der Waals surface area contributed by atoms with E-state index in [1.165, 1.54) is 54.3 Å². The number of nitrogens with one attached hydrogen (secondary N) is 1. The zero-order valence-corrected chi connectivity index (χ0v) is 12.6. The van der Waals surface area contributed by atoms with Crippen LogP contribution in [0.5, 0.6) is 0 Å². The second kappa shape index (κ2) is 5.45. The van der Waals surface area contributed by atoms with Gasteiger partial charge < -0.3 is 5.32 Å². The first-order chi connectivity index (χ1) is 9.29. The van der Waals surface area contributed by atoms with Crippen LogP contribution in [0.3, 0.4) is 0 Å². The van der Waals surface area contributed by atoms with Gasteiger partial charge >= 0.3 is 0 Å². The van der Waals surface area contributed by atoms with E-state index in [1.54, 1.807) is 4.88 Å². The summed E-state index contributed by atoms with van der Waals surface area (Å²) in [5.74, 6) is 1.94. The smallest absolute Gasteiger partial charge is 0.138 e. The molecule has 4 heteroatoms. The molecule has 1 aliphatic rings. The van der Waals surface area contributed by atoms with Crippen LogP contribution in [-0.2, 0) is 12.8 Å². The normalized spacial score (nSPS) is 14.6. The fraction of sp³-hybridized carbons (Fsp3) is 0.600. The van der Waals surface area contributed by atoms with Crippen LogP contribution in [0.1, 0.15) is 48.9 Å². The average molecular weight is 275 g/mol. The Morgan fingerprint density at radius 2 is 2.05 bits per heavy atom. The maximum absolute atomic E-state index is 4.64. The lowest BCUT2D eigenvalue weighted by molar-refractivity contribution is 0.700.